The Balaban J connectivity index is 3.10. The Hall–Kier alpha value is -0.820. The Labute approximate surface area is 87.3 Å². The van der Waals surface area contributed by atoms with Gasteiger partial charge in [0.05, 0.1) is 0 Å². The standard InChI is InChI=1S/C13H21N/c1-5-11-7-6-10(4)8-12(11)13(14)9(2)3/h6-9,13H,5,14H2,1-4H3. The highest BCUT2D eigenvalue weighted by atomic mass is 14.6. The molecule has 1 aromatic carbocycles. The first kappa shape index (κ1) is 11.3. The van der Waals surface area contributed by atoms with E-state index in [0.29, 0.717) is 5.92 Å². The molecule has 1 atom stereocenters. The average Bonchev–Trinajstić information content (AvgIpc) is 2.16. The maximum atomic E-state index is 6.18. The topological polar surface area (TPSA) is 26.0 Å². The van der Waals surface area contributed by atoms with E-state index in [1.54, 1.807) is 0 Å². The fraction of sp³-hybridized carbons (Fsp3) is 0.538. The molecular formula is C13H21N. The van der Waals surface area contributed by atoms with Gasteiger partial charge in [0.15, 0.2) is 0 Å². The molecule has 1 rings (SSSR count). The third-order valence-electron chi connectivity index (χ3n) is 2.76. The van der Waals surface area contributed by atoms with Crippen LogP contribution >= 0.6 is 0 Å². The Morgan fingerprint density at radius 3 is 2.43 bits per heavy atom. The van der Waals surface area contributed by atoms with Crippen molar-refractivity contribution in [3.05, 3.63) is 34.9 Å². The van der Waals surface area contributed by atoms with E-state index in [1.165, 1.54) is 16.7 Å². The van der Waals surface area contributed by atoms with Crippen LogP contribution in [0.1, 0.15) is 43.5 Å². The number of nitrogens with two attached hydrogens (primary N) is 1. The fourth-order valence-corrected chi connectivity index (χ4v) is 1.71. The quantitative estimate of drug-likeness (QED) is 0.780. The maximum Gasteiger partial charge on any atom is 0.0321 e. The summed E-state index contributed by atoms with van der Waals surface area (Å²) in [5, 5.41) is 0. The molecule has 1 nitrogen and oxygen atoms in total. The van der Waals surface area contributed by atoms with E-state index in [0.717, 1.165) is 6.42 Å². The summed E-state index contributed by atoms with van der Waals surface area (Å²) in [4.78, 5) is 0. The molecule has 2 N–H and O–H groups in total. The summed E-state index contributed by atoms with van der Waals surface area (Å²) in [6.07, 6.45) is 1.07. The van der Waals surface area contributed by atoms with Crippen molar-refractivity contribution < 1.29 is 0 Å². The van der Waals surface area contributed by atoms with Crippen molar-refractivity contribution in [2.75, 3.05) is 0 Å². The molecule has 0 amide bonds. The van der Waals surface area contributed by atoms with Crippen molar-refractivity contribution in [3.63, 3.8) is 0 Å². The van der Waals surface area contributed by atoms with E-state index in [1.807, 2.05) is 0 Å². The van der Waals surface area contributed by atoms with Crippen molar-refractivity contribution in [3.8, 4) is 0 Å². The number of hydrogen-bond acceptors (Lipinski definition) is 1. The predicted molar refractivity (Wildman–Crippen MR) is 62.3 cm³/mol. The Morgan fingerprint density at radius 2 is 1.93 bits per heavy atom. The fourth-order valence-electron chi connectivity index (χ4n) is 1.71. The molecule has 0 aromatic heterocycles. The van der Waals surface area contributed by atoms with Crippen molar-refractivity contribution in [2.24, 2.45) is 11.7 Å². The predicted octanol–water partition coefficient (Wildman–Crippen LogP) is 3.21. The Kier molecular flexibility index (Phi) is 3.70. The second-order valence-electron chi connectivity index (χ2n) is 4.33. The van der Waals surface area contributed by atoms with Gasteiger partial charge in [0.1, 0.15) is 0 Å². The van der Waals surface area contributed by atoms with Crippen LogP contribution in [0.2, 0.25) is 0 Å². The van der Waals surface area contributed by atoms with Crippen LogP contribution in [0.25, 0.3) is 0 Å². The molecule has 14 heavy (non-hydrogen) atoms. The lowest BCUT2D eigenvalue weighted by Gasteiger charge is -2.19. The summed E-state index contributed by atoms with van der Waals surface area (Å²) < 4.78 is 0. The van der Waals surface area contributed by atoms with Crippen LogP contribution in [0.3, 0.4) is 0 Å². The second kappa shape index (κ2) is 4.61. The highest BCUT2D eigenvalue weighted by Crippen LogP contribution is 2.24. The largest absolute Gasteiger partial charge is 0.324 e. The zero-order valence-corrected chi connectivity index (χ0v) is 9.67. The van der Waals surface area contributed by atoms with Gasteiger partial charge in [0, 0.05) is 6.04 Å². The van der Waals surface area contributed by atoms with Gasteiger partial charge < -0.3 is 5.73 Å². The zero-order valence-electron chi connectivity index (χ0n) is 9.67. The van der Waals surface area contributed by atoms with Crippen molar-refractivity contribution in [1.82, 2.24) is 0 Å². The third kappa shape index (κ3) is 2.36. The molecule has 0 bridgehead atoms. The van der Waals surface area contributed by atoms with Gasteiger partial charge in [0.2, 0.25) is 0 Å². The maximum absolute atomic E-state index is 6.18. The molecule has 1 heteroatoms. The Morgan fingerprint density at radius 1 is 1.29 bits per heavy atom. The molecule has 0 spiro atoms. The van der Waals surface area contributed by atoms with E-state index >= 15 is 0 Å². The summed E-state index contributed by atoms with van der Waals surface area (Å²) in [7, 11) is 0. The first-order chi connectivity index (χ1) is 6.56. The summed E-state index contributed by atoms with van der Waals surface area (Å²) in [6, 6.07) is 6.76. The number of rotatable bonds is 3. The second-order valence-corrected chi connectivity index (χ2v) is 4.33. The zero-order chi connectivity index (χ0) is 10.7. The lowest BCUT2D eigenvalue weighted by molar-refractivity contribution is 0.511. The van der Waals surface area contributed by atoms with Gasteiger partial charge in [-0.2, -0.15) is 0 Å². The van der Waals surface area contributed by atoms with Gasteiger partial charge >= 0.3 is 0 Å². The first-order valence-electron chi connectivity index (χ1n) is 5.41. The molecule has 0 aliphatic carbocycles. The molecule has 0 aliphatic rings. The first-order valence-corrected chi connectivity index (χ1v) is 5.41. The molecule has 0 fully saturated rings. The number of aryl methyl sites for hydroxylation is 2. The van der Waals surface area contributed by atoms with Crippen LogP contribution in [0.15, 0.2) is 18.2 Å². The molecule has 0 aliphatic heterocycles. The minimum Gasteiger partial charge on any atom is -0.324 e. The molecule has 1 aromatic rings. The average molecular weight is 191 g/mol. The Bertz CT molecular complexity index is 302. The van der Waals surface area contributed by atoms with Gasteiger partial charge in [-0.05, 0) is 30.4 Å². The molecule has 78 valence electrons. The third-order valence-corrected chi connectivity index (χ3v) is 2.76. The SMILES string of the molecule is CCc1ccc(C)cc1C(N)C(C)C. The van der Waals surface area contributed by atoms with Crippen LogP contribution in [0, 0.1) is 12.8 Å². The van der Waals surface area contributed by atoms with Crippen LogP contribution < -0.4 is 5.73 Å². The van der Waals surface area contributed by atoms with Crippen molar-refractivity contribution >= 4 is 0 Å². The summed E-state index contributed by atoms with van der Waals surface area (Å²) in [5.41, 5.74) is 10.2. The number of benzene rings is 1. The van der Waals surface area contributed by atoms with Gasteiger partial charge in [-0.3, -0.25) is 0 Å². The molecular weight excluding hydrogens is 170 g/mol. The molecule has 0 radical (unpaired) electrons. The van der Waals surface area contributed by atoms with Gasteiger partial charge in [-0.25, -0.2) is 0 Å². The van der Waals surface area contributed by atoms with E-state index in [4.69, 9.17) is 5.73 Å². The van der Waals surface area contributed by atoms with E-state index < -0.39 is 0 Å². The lowest BCUT2D eigenvalue weighted by atomic mass is 9.91. The highest BCUT2D eigenvalue weighted by molar-refractivity contribution is 5.34. The van der Waals surface area contributed by atoms with Crippen LogP contribution in [-0.2, 0) is 6.42 Å². The van der Waals surface area contributed by atoms with Crippen LogP contribution in [0.5, 0.6) is 0 Å². The molecule has 0 saturated heterocycles. The lowest BCUT2D eigenvalue weighted by Crippen LogP contribution is -2.18. The molecule has 1 unspecified atom stereocenters. The summed E-state index contributed by atoms with van der Waals surface area (Å²) in [5.74, 6) is 0.502. The van der Waals surface area contributed by atoms with Gasteiger partial charge in [-0.1, -0.05) is 44.5 Å². The van der Waals surface area contributed by atoms with Crippen molar-refractivity contribution in [1.29, 1.82) is 0 Å². The summed E-state index contributed by atoms with van der Waals surface area (Å²) >= 11 is 0. The van der Waals surface area contributed by atoms with E-state index in [-0.39, 0.29) is 6.04 Å². The van der Waals surface area contributed by atoms with E-state index in [9.17, 15) is 0 Å². The van der Waals surface area contributed by atoms with E-state index in [2.05, 4.69) is 45.9 Å². The van der Waals surface area contributed by atoms with Crippen LogP contribution in [-0.4, -0.2) is 0 Å². The minimum atomic E-state index is 0.171. The number of hydrogen-bond donors (Lipinski definition) is 1. The normalized spacial score (nSPS) is 13.3. The van der Waals surface area contributed by atoms with Gasteiger partial charge in [-0.15, -0.1) is 0 Å². The summed E-state index contributed by atoms with van der Waals surface area (Å²) in [6.45, 7) is 8.65. The monoisotopic (exact) mass is 191 g/mol. The van der Waals surface area contributed by atoms with Crippen molar-refractivity contribution in [2.45, 2.75) is 40.2 Å². The van der Waals surface area contributed by atoms with Gasteiger partial charge in [0.25, 0.3) is 0 Å². The smallest absolute Gasteiger partial charge is 0.0321 e. The molecule has 0 saturated carbocycles. The highest BCUT2D eigenvalue weighted by Gasteiger charge is 2.13. The van der Waals surface area contributed by atoms with Crippen LogP contribution in [0.4, 0.5) is 0 Å². The minimum absolute atomic E-state index is 0.171. The molecule has 0 heterocycles.